The molecule has 0 aliphatic heterocycles. The maximum absolute atomic E-state index is 14.1. The molecule has 0 unspecified atom stereocenters. The third kappa shape index (κ3) is 6.37. The summed E-state index contributed by atoms with van der Waals surface area (Å²) in [6.45, 7) is 9.12. The average molecular weight is 514 g/mol. The van der Waals surface area contributed by atoms with Crippen molar-refractivity contribution >= 4 is 28.5 Å². The maximum Gasteiger partial charge on any atom is 0.249 e. The number of amides is 2. The second-order valence-corrected chi connectivity index (χ2v) is 9.71. The van der Waals surface area contributed by atoms with E-state index in [1.54, 1.807) is 9.58 Å². The molecule has 0 aliphatic carbocycles. The first-order chi connectivity index (χ1) is 18.4. The van der Waals surface area contributed by atoms with Crippen molar-refractivity contribution in [2.75, 3.05) is 18.1 Å². The molecular weight excluding hydrogens is 478 g/mol. The van der Waals surface area contributed by atoms with Crippen molar-refractivity contribution in [2.24, 2.45) is 5.92 Å². The molecule has 0 saturated heterocycles. The molecule has 198 valence electrons. The van der Waals surface area contributed by atoms with Crippen LogP contribution in [0.3, 0.4) is 0 Å². The highest BCUT2D eigenvalue weighted by Crippen LogP contribution is 2.30. The van der Waals surface area contributed by atoms with Gasteiger partial charge in [-0.25, -0.2) is 4.68 Å². The average Bonchev–Trinajstić information content (AvgIpc) is 3.31. The fraction of sp³-hybridized carbons (Fsp3) is 0.333. The molecule has 4 rings (SSSR count). The monoisotopic (exact) mass is 513 g/mol. The number of nitrogens with zero attached hydrogens (tertiary/aromatic N) is 4. The summed E-state index contributed by atoms with van der Waals surface area (Å²) in [7, 11) is 0. The molecule has 38 heavy (non-hydrogen) atoms. The van der Waals surface area contributed by atoms with Crippen molar-refractivity contribution in [3.8, 4) is 5.75 Å². The highest BCUT2D eigenvalue weighted by atomic mass is 16.5. The van der Waals surface area contributed by atoms with E-state index >= 15 is 0 Å². The Morgan fingerprint density at radius 1 is 1.00 bits per heavy atom. The summed E-state index contributed by atoms with van der Waals surface area (Å²) in [5.41, 5.74) is 3.84. The summed E-state index contributed by atoms with van der Waals surface area (Å²) in [6, 6.07) is 21.6. The van der Waals surface area contributed by atoms with Gasteiger partial charge >= 0.3 is 0 Å². The van der Waals surface area contributed by atoms with E-state index in [1.807, 2.05) is 86.6 Å². The van der Waals surface area contributed by atoms with Crippen LogP contribution in [0.5, 0.6) is 5.75 Å². The zero-order valence-corrected chi connectivity index (χ0v) is 22.4. The van der Waals surface area contributed by atoms with Gasteiger partial charge in [-0.2, -0.15) is 0 Å². The predicted molar refractivity (Wildman–Crippen MR) is 149 cm³/mol. The van der Waals surface area contributed by atoms with Crippen molar-refractivity contribution in [3.05, 3.63) is 83.9 Å². The number of hydrogen-bond acceptors (Lipinski definition) is 5. The molecule has 0 bridgehead atoms. The summed E-state index contributed by atoms with van der Waals surface area (Å²) in [4.78, 5) is 29.4. The minimum Gasteiger partial charge on any atom is -0.494 e. The molecular formula is C30H35N5O3. The van der Waals surface area contributed by atoms with Crippen LogP contribution in [0.15, 0.2) is 72.8 Å². The van der Waals surface area contributed by atoms with E-state index in [2.05, 4.69) is 29.5 Å². The molecule has 8 heteroatoms. The minimum absolute atomic E-state index is 0.0740. The van der Waals surface area contributed by atoms with Gasteiger partial charge in [-0.3, -0.25) is 14.5 Å². The molecule has 8 nitrogen and oxygen atoms in total. The van der Waals surface area contributed by atoms with Crippen LogP contribution in [0, 0.1) is 12.8 Å². The molecule has 0 radical (unpaired) electrons. The Morgan fingerprint density at radius 2 is 1.71 bits per heavy atom. The van der Waals surface area contributed by atoms with Crippen molar-refractivity contribution < 1.29 is 14.3 Å². The predicted octanol–water partition coefficient (Wildman–Crippen LogP) is 5.08. The fourth-order valence-electron chi connectivity index (χ4n) is 4.29. The normalized spacial score (nSPS) is 11.9. The van der Waals surface area contributed by atoms with E-state index in [0.717, 1.165) is 23.1 Å². The standard InChI is InChI=1S/C30H35N5O3/c1-5-38-25-16-14-24(15-17-25)35(28(36)20-34-27-9-7-6-8-26(27)32-33-34)29(23-12-10-22(4)11-13-23)30(37)31-19-18-21(2)3/h6-17,21,29H,5,18-20H2,1-4H3,(H,31,37)/t29-/m0/s1. The lowest BCUT2D eigenvalue weighted by Gasteiger charge is -2.32. The second kappa shape index (κ2) is 12.4. The lowest BCUT2D eigenvalue weighted by molar-refractivity contribution is -0.127. The lowest BCUT2D eigenvalue weighted by Crippen LogP contribution is -2.45. The van der Waals surface area contributed by atoms with Gasteiger partial charge in [0, 0.05) is 12.2 Å². The van der Waals surface area contributed by atoms with Gasteiger partial charge in [0.15, 0.2) is 0 Å². The van der Waals surface area contributed by atoms with Gasteiger partial charge in [0.25, 0.3) is 0 Å². The van der Waals surface area contributed by atoms with Crippen molar-refractivity contribution in [1.29, 1.82) is 0 Å². The third-order valence-corrected chi connectivity index (χ3v) is 6.32. The third-order valence-electron chi connectivity index (χ3n) is 6.32. The van der Waals surface area contributed by atoms with Gasteiger partial charge in [0.2, 0.25) is 11.8 Å². The molecule has 3 aromatic carbocycles. The topological polar surface area (TPSA) is 89.3 Å². The molecule has 1 heterocycles. The Kier molecular flexibility index (Phi) is 8.73. The van der Waals surface area contributed by atoms with E-state index < -0.39 is 6.04 Å². The zero-order valence-electron chi connectivity index (χ0n) is 22.4. The summed E-state index contributed by atoms with van der Waals surface area (Å²) < 4.78 is 7.18. The molecule has 0 aliphatic rings. The van der Waals surface area contributed by atoms with Crippen LogP contribution in [0.4, 0.5) is 5.69 Å². The van der Waals surface area contributed by atoms with Crippen LogP contribution in [-0.4, -0.2) is 40.0 Å². The van der Waals surface area contributed by atoms with Crippen molar-refractivity contribution in [3.63, 3.8) is 0 Å². The van der Waals surface area contributed by atoms with Crippen LogP contribution >= 0.6 is 0 Å². The van der Waals surface area contributed by atoms with Crippen LogP contribution in [0.2, 0.25) is 0 Å². The smallest absolute Gasteiger partial charge is 0.249 e. The number of benzene rings is 3. The first kappa shape index (κ1) is 26.9. The van der Waals surface area contributed by atoms with E-state index in [0.29, 0.717) is 36.0 Å². The Labute approximate surface area is 223 Å². The SMILES string of the molecule is CCOc1ccc(N(C(=O)Cn2nnc3ccccc32)[C@H](C(=O)NCCC(C)C)c2ccc(C)cc2)cc1. The number of aromatic nitrogens is 3. The van der Waals surface area contributed by atoms with E-state index in [1.165, 1.54) is 0 Å². The number of para-hydroxylation sites is 1. The van der Waals surface area contributed by atoms with Gasteiger partial charge in [-0.1, -0.05) is 61.0 Å². The first-order valence-electron chi connectivity index (χ1n) is 13.0. The van der Waals surface area contributed by atoms with E-state index in [-0.39, 0.29) is 18.4 Å². The van der Waals surface area contributed by atoms with Gasteiger partial charge < -0.3 is 10.1 Å². The highest BCUT2D eigenvalue weighted by Gasteiger charge is 2.33. The molecule has 0 fully saturated rings. The zero-order chi connectivity index (χ0) is 27.1. The van der Waals surface area contributed by atoms with Gasteiger partial charge in [-0.05, 0) is 68.1 Å². The van der Waals surface area contributed by atoms with Gasteiger partial charge in [0.05, 0.1) is 12.1 Å². The maximum atomic E-state index is 14.1. The summed E-state index contributed by atoms with van der Waals surface area (Å²) in [6.07, 6.45) is 0.842. The molecule has 1 aromatic heterocycles. The summed E-state index contributed by atoms with van der Waals surface area (Å²) in [5.74, 6) is 0.617. The Bertz CT molecular complexity index is 1360. The second-order valence-electron chi connectivity index (χ2n) is 9.71. The number of rotatable bonds is 11. The molecule has 2 amide bonds. The molecule has 4 aromatic rings. The lowest BCUT2D eigenvalue weighted by atomic mass is 10.0. The Hall–Kier alpha value is -4.20. The van der Waals surface area contributed by atoms with Crippen LogP contribution in [0.25, 0.3) is 11.0 Å². The number of nitrogens with one attached hydrogen (secondary N) is 1. The number of ether oxygens (including phenoxy) is 1. The van der Waals surface area contributed by atoms with Crippen LogP contribution in [0.1, 0.15) is 44.4 Å². The quantitative estimate of drug-likeness (QED) is 0.302. The van der Waals surface area contributed by atoms with E-state index in [4.69, 9.17) is 4.74 Å². The number of anilines is 1. The number of hydrogen-bond donors (Lipinski definition) is 1. The number of carbonyl (C=O) groups is 2. The summed E-state index contributed by atoms with van der Waals surface area (Å²) in [5, 5.41) is 11.5. The summed E-state index contributed by atoms with van der Waals surface area (Å²) >= 11 is 0. The van der Waals surface area contributed by atoms with Crippen LogP contribution < -0.4 is 15.0 Å². The number of carbonyl (C=O) groups excluding carboxylic acids is 2. The molecule has 0 spiro atoms. The minimum atomic E-state index is -0.872. The number of aryl methyl sites for hydroxylation is 1. The Morgan fingerprint density at radius 3 is 2.39 bits per heavy atom. The Balaban J connectivity index is 1.75. The highest BCUT2D eigenvalue weighted by molar-refractivity contribution is 6.01. The largest absolute Gasteiger partial charge is 0.494 e. The molecule has 1 atom stereocenters. The van der Waals surface area contributed by atoms with E-state index in [9.17, 15) is 9.59 Å². The van der Waals surface area contributed by atoms with Gasteiger partial charge in [0.1, 0.15) is 23.9 Å². The molecule has 1 N–H and O–H groups in total. The van der Waals surface area contributed by atoms with Gasteiger partial charge in [-0.15, -0.1) is 5.10 Å². The first-order valence-corrected chi connectivity index (χ1v) is 13.0. The fourth-order valence-corrected chi connectivity index (χ4v) is 4.29. The van der Waals surface area contributed by atoms with Crippen molar-refractivity contribution in [1.82, 2.24) is 20.3 Å². The molecule has 0 saturated carbocycles. The van der Waals surface area contributed by atoms with Crippen LogP contribution in [-0.2, 0) is 16.1 Å². The number of fused-ring (bicyclic) bond motifs is 1. The van der Waals surface area contributed by atoms with Crippen molar-refractivity contribution in [2.45, 2.75) is 46.7 Å².